The quantitative estimate of drug-likeness (QED) is 0.765. The van der Waals surface area contributed by atoms with Crippen LogP contribution in [0.3, 0.4) is 0 Å². The zero-order valence-electron chi connectivity index (χ0n) is 10.4. The van der Waals surface area contributed by atoms with E-state index in [4.69, 9.17) is 10.5 Å². The van der Waals surface area contributed by atoms with E-state index in [1.54, 1.807) is 0 Å². The third-order valence-corrected chi connectivity index (χ3v) is 3.77. The van der Waals surface area contributed by atoms with Crippen molar-refractivity contribution in [2.24, 2.45) is 5.92 Å². The van der Waals surface area contributed by atoms with Gasteiger partial charge in [-0.15, -0.1) is 0 Å². The van der Waals surface area contributed by atoms with Crippen LogP contribution >= 0.6 is 0 Å². The Labute approximate surface area is 107 Å². The molecule has 1 aromatic rings. The highest BCUT2D eigenvalue weighted by atomic mass is 16.5. The average Bonchev–Trinajstić information content (AvgIpc) is 2.81. The number of rotatable bonds is 1. The summed E-state index contributed by atoms with van der Waals surface area (Å²) < 4.78 is 5.40. The molecule has 1 unspecified atom stereocenters. The molecule has 2 aliphatic rings. The van der Waals surface area contributed by atoms with Crippen LogP contribution in [-0.4, -0.2) is 25.7 Å². The van der Waals surface area contributed by atoms with E-state index in [1.807, 2.05) is 23.1 Å². The molecule has 1 amide bonds. The maximum atomic E-state index is 12.5. The second-order valence-electron chi connectivity index (χ2n) is 5.04. The highest BCUT2D eigenvalue weighted by molar-refractivity contribution is 5.97. The first-order valence-electron chi connectivity index (χ1n) is 6.53. The first-order chi connectivity index (χ1) is 8.75. The average molecular weight is 246 g/mol. The number of hydrogen-bond acceptors (Lipinski definition) is 3. The normalized spacial score (nSPS) is 22.9. The van der Waals surface area contributed by atoms with Crippen molar-refractivity contribution >= 4 is 17.3 Å². The molecule has 0 aromatic heterocycles. The molecule has 1 atom stereocenters. The Morgan fingerprint density at radius 2 is 2.33 bits per heavy atom. The van der Waals surface area contributed by atoms with E-state index < -0.39 is 0 Å². The molecule has 0 spiro atoms. The molecule has 2 N–H and O–H groups in total. The number of anilines is 2. The van der Waals surface area contributed by atoms with E-state index in [2.05, 4.69) is 0 Å². The Morgan fingerprint density at radius 1 is 1.44 bits per heavy atom. The Bertz CT molecular complexity index is 467. The van der Waals surface area contributed by atoms with Gasteiger partial charge in [0, 0.05) is 24.5 Å². The summed E-state index contributed by atoms with van der Waals surface area (Å²) in [5.74, 6) is 0.237. The van der Waals surface area contributed by atoms with Crippen molar-refractivity contribution in [1.82, 2.24) is 0 Å². The van der Waals surface area contributed by atoms with E-state index in [-0.39, 0.29) is 11.8 Å². The molecule has 2 aliphatic heterocycles. The Hall–Kier alpha value is -1.55. The lowest BCUT2D eigenvalue weighted by Crippen LogP contribution is -2.38. The van der Waals surface area contributed by atoms with Gasteiger partial charge >= 0.3 is 0 Å². The van der Waals surface area contributed by atoms with E-state index >= 15 is 0 Å². The van der Waals surface area contributed by atoms with Crippen molar-refractivity contribution in [2.45, 2.75) is 19.3 Å². The zero-order chi connectivity index (χ0) is 12.5. The Balaban J connectivity index is 1.80. The number of carbonyl (C=O) groups excluding carboxylic acids is 1. The maximum absolute atomic E-state index is 12.5. The lowest BCUT2D eigenvalue weighted by atomic mass is 10.0. The number of fused-ring (bicyclic) bond motifs is 1. The molecule has 1 saturated heterocycles. The van der Waals surface area contributed by atoms with Crippen LogP contribution in [0.2, 0.25) is 0 Å². The first-order valence-corrected chi connectivity index (χ1v) is 6.53. The molecule has 4 nitrogen and oxygen atoms in total. The van der Waals surface area contributed by atoms with E-state index in [0.29, 0.717) is 6.61 Å². The smallest absolute Gasteiger partial charge is 0.232 e. The number of benzene rings is 1. The van der Waals surface area contributed by atoms with Gasteiger partial charge in [0.15, 0.2) is 0 Å². The second kappa shape index (κ2) is 4.61. The maximum Gasteiger partial charge on any atom is 0.232 e. The van der Waals surface area contributed by atoms with Crippen LogP contribution in [0.1, 0.15) is 18.4 Å². The SMILES string of the molecule is Nc1ccc2c(c1)CCN2C(=O)C1CCCOC1. The number of ether oxygens (including phenoxy) is 1. The molecule has 0 saturated carbocycles. The summed E-state index contributed by atoms with van der Waals surface area (Å²) in [7, 11) is 0. The van der Waals surface area contributed by atoms with Gasteiger partial charge < -0.3 is 15.4 Å². The number of nitrogen functional groups attached to an aromatic ring is 1. The van der Waals surface area contributed by atoms with Gasteiger partial charge in [-0.1, -0.05) is 0 Å². The lowest BCUT2D eigenvalue weighted by molar-refractivity contribution is -0.126. The van der Waals surface area contributed by atoms with Crippen molar-refractivity contribution in [3.8, 4) is 0 Å². The summed E-state index contributed by atoms with van der Waals surface area (Å²) in [6.07, 6.45) is 2.83. The van der Waals surface area contributed by atoms with Gasteiger partial charge in [0.1, 0.15) is 0 Å². The van der Waals surface area contributed by atoms with Gasteiger partial charge in [-0.2, -0.15) is 0 Å². The molecule has 3 rings (SSSR count). The van der Waals surface area contributed by atoms with Crippen molar-refractivity contribution in [3.05, 3.63) is 23.8 Å². The molecule has 0 aliphatic carbocycles. The van der Waals surface area contributed by atoms with Crippen molar-refractivity contribution in [3.63, 3.8) is 0 Å². The first kappa shape index (κ1) is 11.5. The predicted octanol–water partition coefficient (Wildman–Crippen LogP) is 1.58. The van der Waals surface area contributed by atoms with Crippen LogP contribution in [0.15, 0.2) is 18.2 Å². The van der Waals surface area contributed by atoms with Crippen LogP contribution in [0.4, 0.5) is 11.4 Å². The van der Waals surface area contributed by atoms with Crippen molar-refractivity contribution in [2.75, 3.05) is 30.4 Å². The molecule has 18 heavy (non-hydrogen) atoms. The van der Waals surface area contributed by atoms with Crippen LogP contribution < -0.4 is 10.6 Å². The zero-order valence-corrected chi connectivity index (χ0v) is 10.4. The van der Waals surface area contributed by atoms with Crippen molar-refractivity contribution in [1.29, 1.82) is 0 Å². The molecular formula is C14H18N2O2. The fraction of sp³-hybridized carbons (Fsp3) is 0.500. The topological polar surface area (TPSA) is 55.6 Å². The number of carbonyl (C=O) groups is 1. The molecule has 4 heteroatoms. The number of nitrogens with two attached hydrogens (primary N) is 1. The summed E-state index contributed by atoms with van der Waals surface area (Å²) in [5, 5.41) is 0. The van der Waals surface area contributed by atoms with Gasteiger partial charge in [0.25, 0.3) is 0 Å². The molecular weight excluding hydrogens is 228 g/mol. The molecule has 96 valence electrons. The minimum absolute atomic E-state index is 0.0299. The largest absolute Gasteiger partial charge is 0.399 e. The summed E-state index contributed by atoms with van der Waals surface area (Å²) in [4.78, 5) is 14.4. The third kappa shape index (κ3) is 1.97. The highest BCUT2D eigenvalue weighted by Crippen LogP contribution is 2.31. The Kier molecular flexibility index (Phi) is 2.96. The van der Waals surface area contributed by atoms with Crippen molar-refractivity contribution < 1.29 is 9.53 Å². The van der Waals surface area contributed by atoms with Gasteiger partial charge in [-0.25, -0.2) is 0 Å². The second-order valence-corrected chi connectivity index (χ2v) is 5.04. The van der Waals surface area contributed by atoms with Crippen LogP contribution in [0.25, 0.3) is 0 Å². The molecule has 2 heterocycles. The summed E-state index contributed by atoms with van der Waals surface area (Å²) in [6.45, 7) is 2.13. The molecule has 1 aromatic carbocycles. The highest BCUT2D eigenvalue weighted by Gasteiger charge is 2.31. The van der Waals surface area contributed by atoms with Crippen LogP contribution in [0, 0.1) is 5.92 Å². The van der Waals surface area contributed by atoms with E-state index in [0.717, 1.165) is 43.8 Å². The van der Waals surface area contributed by atoms with Crippen LogP contribution in [0.5, 0.6) is 0 Å². The standard InChI is InChI=1S/C14H18N2O2/c15-12-3-4-13-10(8-12)5-6-16(13)14(17)11-2-1-7-18-9-11/h3-4,8,11H,1-2,5-7,9,15H2. The van der Waals surface area contributed by atoms with Crippen LogP contribution in [-0.2, 0) is 16.0 Å². The third-order valence-electron chi connectivity index (χ3n) is 3.77. The molecule has 0 radical (unpaired) electrons. The van der Waals surface area contributed by atoms with Gasteiger partial charge in [-0.3, -0.25) is 4.79 Å². The minimum atomic E-state index is 0.0299. The number of nitrogens with zero attached hydrogens (tertiary/aromatic N) is 1. The predicted molar refractivity (Wildman–Crippen MR) is 70.5 cm³/mol. The Morgan fingerprint density at radius 3 is 3.11 bits per heavy atom. The minimum Gasteiger partial charge on any atom is -0.399 e. The van der Waals surface area contributed by atoms with E-state index in [1.165, 1.54) is 5.56 Å². The lowest BCUT2D eigenvalue weighted by Gasteiger charge is -2.26. The summed E-state index contributed by atoms with van der Waals surface area (Å²) in [6, 6.07) is 5.79. The fourth-order valence-corrected chi connectivity index (χ4v) is 2.81. The van der Waals surface area contributed by atoms with Gasteiger partial charge in [0.05, 0.1) is 12.5 Å². The summed E-state index contributed by atoms with van der Waals surface area (Å²) >= 11 is 0. The molecule has 0 bridgehead atoms. The monoisotopic (exact) mass is 246 g/mol. The number of amides is 1. The fourth-order valence-electron chi connectivity index (χ4n) is 2.81. The number of hydrogen-bond donors (Lipinski definition) is 1. The van der Waals surface area contributed by atoms with Gasteiger partial charge in [0.2, 0.25) is 5.91 Å². The van der Waals surface area contributed by atoms with E-state index in [9.17, 15) is 4.79 Å². The van der Waals surface area contributed by atoms with Gasteiger partial charge in [-0.05, 0) is 43.0 Å². The summed E-state index contributed by atoms with van der Waals surface area (Å²) in [5.41, 5.74) is 8.75. The molecule has 1 fully saturated rings.